The molecule has 0 bridgehead atoms. The van der Waals surface area contributed by atoms with Crippen molar-refractivity contribution >= 4 is 12.0 Å². The van der Waals surface area contributed by atoms with Gasteiger partial charge in [-0.25, -0.2) is 4.79 Å². The van der Waals surface area contributed by atoms with Crippen molar-refractivity contribution in [2.24, 2.45) is 7.05 Å². The molecule has 2 N–H and O–H groups in total. The van der Waals surface area contributed by atoms with Crippen molar-refractivity contribution < 1.29 is 14.3 Å². The summed E-state index contributed by atoms with van der Waals surface area (Å²) < 4.78 is 6.91. The third kappa shape index (κ3) is 6.95. The monoisotopic (exact) mass is 478 g/mol. The molecule has 1 heterocycles. The van der Waals surface area contributed by atoms with Crippen molar-refractivity contribution in [2.45, 2.75) is 76.5 Å². The van der Waals surface area contributed by atoms with Gasteiger partial charge < -0.3 is 19.9 Å². The van der Waals surface area contributed by atoms with Crippen LogP contribution in [0.5, 0.6) is 0 Å². The summed E-state index contributed by atoms with van der Waals surface area (Å²) in [7, 11) is 1.71. The molecule has 1 saturated carbocycles. The van der Waals surface area contributed by atoms with E-state index in [1.807, 2.05) is 24.3 Å². The first-order chi connectivity index (χ1) is 16.5. The average Bonchev–Trinajstić information content (AvgIpc) is 2.80. The molecule has 1 aliphatic rings. The number of carbonyl (C=O) groups is 2. The number of hydrogen-bond acceptors (Lipinski definition) is 5. The first-order valence-corrected chi connectivity index (χ1v) is 12.0. The van der Waals surface area contributed by atoms with Gasteiger partial charge in [-0.1, -0.05) is 43.5 Å². The van der Waals surface area contributed by atoms with Crippen molar-refractivity contribution in [3.05, 3.63) is 58.5 Å². The molecule has 35 heavy (non-hydrogen) atoms. The number of aryl methyl sites for hydroxylation is 1. The second-order valence-electron chi connectivity index (χ2n) is 10.2. The largest absolute Gasteiger partial charge is 0.444 e. The third-order valence-electron chi connectivity index (χ3n) is 6.16. The fraction of sp³-hybridized carbons (Fsp3) is 0.481. The van der Waals surface area contributed by atoms with Gasteiger partial charge in [-0.05, 0) is 56.4 Å². The van der Waals surface area contributed by atoms with Crippen molar-refractivity contribution in [3.63, 3.8) is 0 Å². The molecule has 1 aromatic carbocycles. The van der Waals surface area contributed by atoms with Gasteiger partial charge in [0.15, 0.2) is 0 Å². The normalized spacial score (nSPS) is 16.0. The lowest BCUT2D eigenvalue weighted by molar-refractivity contribution is -0.129. The minimum Gasteiger partial charge on any atom is -0.444 e. The molecule has 1 aromatic heterocycles. The van der Waals surface area contributed by atoms with Gasteiger partial charge >= 0.3 is 6.09 Å². The Hall–Kier alpha value is -3.60. The number of aromatic nitrogens is 1. The van der Waals surface area contributed by atoms with E-state index in [0.29, 0.717) is 19.3 Å². The predicted molar refractivity (Wildman–Crippen MR) is 134 cm³/mol. The molecule has 1 aliphatic carbocycles. The zero-order valence-corrected chi connectivity index (χ0v) is 20.9. The first kappa shape index (κ1) is 26.0. The number of hydrogen-bond donors (Lipinski definition) is 2. The Morgan fingerprint density at radius 1 is 1.09 bits per heavy atom. The van der Waals surface area contributed by atoms with Gasteiger partial charge in [0, 0.05) is 25.7 Å². The molecule has 0 aliphatic heterocycles. The van der Waals surface area contributed by atoms with E-state index in [1.165, 1.54) is 10.6 Å². The topological polar surface area (TPSA) is 113 Å². The zero-order chi connectivity index (χ0) is 25.6. The number of alkyl carbamates (subject to hydrolysis) is 1. The fourth-order valence-corrected chi connectivity index (χ4v) is 4.32. The summed E-state index contributed by atoms with van der Waals surface area (Å²) in [6.45, 7) is 5.32. The van der Waals surface area contributed by atoms with E-state index in [0.717, 1.165) is 36.0 Å². The minimum atomic E-state index is -1.08. The van der Waals surface area contributed by atoms with Gasteiger partial charge in [0.25, 0.3) is 0 Å². The van der Waals surface area contributed by atoms with E-state index in [9.17, 15) is 19.6 Å². The van der Waals surface area contributed by atoms with Crippen molar-refractivity contribution in [1.82, 2.24) is 15.2 Å². The SMILES string of the molecule is Cn1cc(-c2ccc(CC(C#N)NC(=O)C3(NC(=O)OC(C)(C)C)CCCCC3)cc2)ccc1=O. The fourth-order valence-electron chi connectivity index (χ4n) is 4.32. The number of nitrogens with one attached hydrogen (secondary N) is 2. The number of pyridine rings is 1. The smallest absolute Gasteiger partial charge is 0.408 e. The molecule has 3 rings (SSSR count). The zero-order valence-electron chi connectivity index (χ0n) is 20.9. The maximum atomic E-state index is 13.3. The molecule has 186 valence electrons. The molecule has 0 saturated heterocycles. The molecular weight excluding hydrogens is 444 g/mol. The maximum absolute atomic E-state index is 13.3. The van der Waals surface area contributed by atoms with E-state index < -0.39 is 23.3 Å². The Labute approximate surface area is 206 Å². The van der Waals surface area contributed by atoms with E-state index in [4.69, 9.17) is 4.74 Å². The lowest BCUT2D eigenvalue weighted by Crippen LogP contribution is -2.61. The molecule has 2 amide bonds. The van der Waals surface area contributed by atoms with E-state index in [2.05, 4.69) is 16.7 Å². The average molecular weight is 479 g/mol. The summed E-state index contributed by atoms with van der Waals surface area (Å²) in [5.74, 6) is -0.351. The predicted octanol–water partition coefficient (Wildman–Crippen LogP) is 3.83. The molecule has 1 fully saturated rings. The summed E-state index contributed by atoms with van der Waals surface area (Å²) in [5, 5.41) is 15.4. The van der Waals surface area contributed by atoms with Crippen LogP contribution in [-0.2, 0) is 23.0 Å². The lowest BCUT2D eigenvalue weighted by atomic mass is 9.80. The first-order valence-electron chi connectivity index (χ1n) is 12.0. The second-order valence-corrected chi connectivity index (χ2v) is 10.2. The molecule has 8 heteroatoms. The molecule has 8 nitrogen and oxygen atoms in total. The van der Waals surface area contributed by atoms with Crippen LogP contribution in [0.3, 0.4) is 0 Å². The number of carbonyl (C=O) groups excluding carboxylic acids is 2. The molecule has 0 radical (unpaired) electrons. The van der Waals surface area contributed by atoms with Crippen LogP contribution in [0.1, 0.15) is 58.4 Å². The maximum Gasteiger partial charge on any atom is 0.408 e. The Kier molecular flexibility index (Phi) is 8.00. The highest BCUT2D eigenvalue weighted by atomic mass is 16.6. The van der Waals surface area contributed by atoms with Gasteiger partial charge in [0.2, 0.25) is 11.5 Å². The van der Waals surface area contributed by atoms with E-state index in [1.54, 1.807) is 40.1 Å². The van der Waals surface area contributed by atoms with Crippen LogP contribution in [0, 0.1) is 11.3 Å². The van der Waals surface area contributed by atoms with Crippen LogP contribution in [-0.4, -0.2) is 33.7 Å². The molecule has 0 spiro atoms. The van der Waals surface area contributed by atoms with Crippen LogP contribution in [0.25, 0.3) is 11.1 Å². The number of nitriles is 1. The molecule has 2 aromatic rings. The van der Waals surface area contributed by atoms with Gasteiger partial charge in [-0.15, -0.1) is 0 Å². The second kappa shape index (κ2) is 10.8. The summed E-state index contributed by atoms with van der Waals surface area (Å²) in [6.07, 6.45) is 5.11. The van der Waals surface area contributed by atoms with Crippen molar-refractivity contribution in [3.8, 4) is 17.2 Å². The van der Waals surface area contributed by atoms with Gasteiger partial charge in [-0.3, -0.25) is 9.59 Å². The summed E-state index contributed by atoms with van der Waals surface area (Å²) >= 11 is 0. The lowest BCUT2D eigenvalue weighted by Gasteiger charge is -2.37. The van der Waals surface area contributed by atoms with Crippen LogP contribution in [0.2, 0.25) is 0 Å². The summed E-state index contributed by atoms with van der Waals surface area (Å²) in [6, 6.07) is 12.4. The summed E-state index contributed by atoms with van der Waals surface area (Å²) in [5.41, 5.74) is 0.925. The Morgan fingerprint density at radius 2 is 1.71 bits per heavy atom. The van der Waals surface area contributed by atoms with Gasteiger partial charge in [-0.2, -0.15) is 5.26 Å². The van der Waals surface area contributed by atoms with Crippen LogP contribution < -0.4 is 16.2 Å². The Morgan fingerprint density at radius 3 is 2.29 bits per heavy atom. The third-order valence-corrected chi connectivity index (χ3v) is 6.16. The molecule has 1 atom stereocenters. The quantitative estimate of drug-likeness (QED) is 0.655. The summed E-state index contributed by atoms with van der Waals surface area (Å²) in [4.78, 5) is 37.4. The van der Waals surface area contributed by atoms with E-state index >= 15 is 0 Å². The van der Waals surface area contributed by atoms with Crippen molar-refractivity contribution in [1.29, 1.82) is 5.26 Å². The van der Waals surface area contributed by atoms with Crippen molar-refractivity contribution in [2.75, 3.05) is 0 Å². The van der Waals surface area contributed by atoms with Gasteiger partial charge in [0.1, 0.15) is 17.2 Å². The Bertz CT molecular complexity index is 1150. The van der Waals surface area contributed by atoms with E-state index in [-0.39, 0.29) is 11.5 Å². The highest BCUT2D eigenvalue weighted by Gasteiger charge is 2.42. The van der Waals surface area contributed by atoms with Crippen LogP contribution in [0.15, 0.2) is 47.4 Å². The number of rotatable bonds is 6. The minimum absolute atomic E-state index is 0.0742. The van der Waals surface area contributed by atoms with Crippen LogP contribution in [0.4, 0.5) is 4.79 Å². The highest BCUT2D eigenvalue weighted by molar-refractivity contribution is 5.90. The van der Waals surface area contributed by atoms with Crippen LogP contribution >= 0.6 is 0 Å². The molecular formula is C27H34N4O4. The standard InChI is InChI=1S/C27H34N4O4/c1-26(2,3)35-25(34)30-27(14-6-5-7-15-27)24(33)29-22(17-28)16-19-8-10-20(11-9-19)21-12-13-23(32)31(4)18-21/h8-13,18,22H,5-7,14-16H2,1-4H3,(H,29,33)(H,30,34). The number of nitrogens with zero attached hydrogens (tertiary/aromatic N) is 2. The van der Waals surface area contributed by atoms with Gasteiger partial charge in [0.05, 0.1) is 6.07 Å². The Balaban J connectivity index is 1.69. The number of benzene rings is 1. The highest BCUT2D eigenvalue weighted by Crippen LogP contribution is 2.29. The number of amides is 2. The number of ether oxygens (including phenoxy) is 1. The molecule has 1 unspecified atom stereocenters.